The zero-order valence-electron chi connectivity index (χ0n) is 17.6. The first-order chi connectivity index (χ1) is 15.9. The lowest BCUT2D eigenvalue weighted by Crippen LogP contribution is -2.32. The topological polar surface area (TPSA) is 75.5 Å². The minimum atomic E-state index is -4.71. The highest BCUT2D eigenvalue weighted by Crippen LogP contribution is 2.36. The number of nitrogens with zero attached hydrogens (tertiary/aromatic N) is 2. The lowest BCUT2D eigenvalue weighted by atomic mass is 10.2. The summed E-state index contributed by atoms with van der Waals surface area (Å²) < 4.78 is 40.8. The summed E-state index contributed by atoms with van der Waals surface area (Å²) in [5.74, 6) is -2.37. The van der Waals surface area contributed by atoms with Gasteiger partial charge in [0.2, 0.25) is 0 Å². The van der Waals surface area contributed by atoms with Crippen molar-refractivity contribution in [3.05, 3.63) is 80.0 Å². The van der Waals surface area contributed by atoms with E-state index in [1.165, 1.54) is 6.21 Å². The van der Waals surface area contributed by atoms with Gasteiger partial charge in [0.25, 0.3) is 0 Å². The van der Waals surface area contributed by atoms with Crippen LogP contribution < -0.4 is 10.7 Å². The van der Waals surface area contributed by atoms with Gasteiger partial charge in [-0.1, -0.05) is 34.8 Å². The van der Waals surface area contributed by atoms with E-state index in [1.54, 1.807) is 24.3 Å². The molecule has 0 aliphatic rings. The van der Waals surface area contributed by atoms with Crippen LogP contribution >= 0.6 is 34.8 Å². The van der Waals surface area contributed by atoms with Crippen LogP contribution in [0.5, 0.6) is 0 Å². The van der Waals surface area contributed by atoms with Crippen molar-refractivity contribution in [3.63, 3.8) is 0 Å². The van der Waals surface area contributed by atoms with Crippen LogP contribution in [0.4, 0.5) is 18.9 Å². The normalized spacial score (nSPS) is 11.6. The molecular weight excluding hydrogens is 516 g/mol. The molecule has 0 aliphatic heterocycles. The summed E-state index contributed by atoms with van der Waals surface area (Å²) in [6, 6.07) is 9.72. The zero-order valence-corrected chi connectivity index (χ0v) is 19.9. The quantitative estimate of drug-likeness (QED) is 0.240. The number of anilines is 1. The number of alkyl halides is 3. The molecule has 2 amide bonds. The standard InChI is InChI=1S/C22H16Cl3F3N4O2/c1-11-7-13(12(2)32(11)15-4-6-18(24)19(25)9-15)10-29-31-21(34)20(33)30-14-3-5-17(23)16(8-14)22(26,27)28/h3-10H,1-2H3,(H,30,33)(H,31,34)/b29-10-. The molecule has 2 N–H and O–H groups in total. The van der Waals surface area contributed by atoms with Crippen LogP contribution in [-0.4, -0.2) is 22.6 Å². The number of rotatable bonds is 4. The molecule has 3 rings (SSSR count). The van der Waals surface area contributed by atoms with Gasteiger partial charge in [-0.25, -0.2) is 5.43 Å². The lowest BCUT2D eigenvalue weighted by Gasteiger charge is -2.11. The van der Waals surface area contributed by atoms with Gasteiger partial charge >= 0.3 is 18.0 Å². The molecule has 6 nitrogen and oxygen atoms in total. The van der Waals surface area contributed by atoms with Crippen molar-refractivity contribution < 1.29 is 22.8 Å². The van der Waals surface area contributed by atoms with Gasteiger partial charge in [-0.3, -0.25) is 9.59 Å². The Labute approximate surface area is 207 Å². The maximum atomic E-state index is 13.0. The predicted molar refractivity (Wildman–Crippen MR) is 126 cm³/mol. The molecule has 0 radical (unpaired) electrons. The average Bonchev–Trinajstić information content (AvgIpc) is 3.03. The van der Waals surface area contributed by atoms with E-state index in [4.69, 9.17) is 34.8 Å². The van der Waals surface area contributed by atoms with E-state index >= 15 is 0 Å². The summed E-state index contributed by atoms with van der Waals surface area (Å²) in [6.45, 7) is 3.68. The number of hydrogen-bond donors (Lipinski definition) is 2. The van der Waals surface area contributed by atoms with Crippen LogP contribution in [0.2, 0.25) is 15.1 Å². The summed E-state index contributed by atoms with van der Waals surface area (Å²) in [7, 11) is 0. The van der Waals surface area contributed by atoms with Crippen molar-refractivity contribution in [1.82, 2.24) is 9.99 Å². The second kappa shape index (κ2) is 10.1. The average molecular weight is 532 g/mol. The van der Waals surface area contributed by atoms with Gasteiger partial charge in [0.1, 0.15) is 0 Å². The van der Waals surface area contributed by atoms with E-state index in [0.717, 1.165) is 29.2 Å². The number of carbonyl (C=O) groups excluding carboxylic acids is 2. The van der Waals surface area contributed by atoms with Gasteiger partial charge in [-0.05, 0) is 56.3 Å². The van der Waals surface area contributed by atoms with Gasteiger partial charge in [-0.15, -0.1) is 0 Å². The number of halogens is 6. The third kappa shape index (κ3) is 5.72. The summed E-state index contributed by atoms with van der Waals surface area (Å²) >= 11 is 17.6. The first-order valence-electron chi connectivity index (χ1n) is 9.54. The Balaban J connectivity index is 1.69. The number of aryl methyl sites for hydroxylation is 1. The van der Waals surface area contributed by atoms with Crippen LogP contribution in [0.15, 0.2) is 47.6 Å². The van der Waals surface area contributed by atoms with Gasteiger partial charge < -0.3 is 9.88 Å². The SMILES string of the molecule is Cc1cc(/C=N\NC(=O)C(=O)Nc2ccc(Cl)c(C(F)(F)F)c2)c(C)n1-c1ccc(Cl)c(Cl)c1. The Bertz CT molecular complexity index is 1300. The zero-order chi connectivity index (χ0) is 25.2. The lowest BCUT2D eigenvalue weighted by molar-refractivity contribution is -0.137. The van der Waals surface area contributed by atoms with Gasteiger partial charge in [0.15, 0.2) is 0 Å². The molecule has 0 saturated carbocycles. The number of amides is 2. The maximum absolute atomic E-state index is 13.0. The molecule has 3 aromatic rings. The fraction of sp³-hybridized carbons (Fsp3) is 0.136. The van der Waals surface area contributed by atoms with E-state index in [0.29, 0.717) is 21.7 Å². The molecule has 0 atom stereocenters. The highest BCUT2D eigenvalue weighted by atomic mass is 35.5. The second-order valence-electron chi connectivity index (χ2n) is 7.11. The minimum Gasteiger partial charge on any atom is -0.318 e. The molecule has 1 aromatic heterocycles. The van der Waals surface area contributed by atoms with E-state index in [9.17, 15) is 22.8 Å². The molecule has 34 heavy (non-hydrogen) atoms. The Morgan fingerprint density at radius 2 is 1.62 bits per heavy atom. The van der Waals surface area contributed by atoms with Crippen LogP contribution in [0.25, 0.3) is 5.69 Å². The van der Waals surface area contributed by atoms with Crippen molar-refractivity contribution in [3.8, 4) is 5.69 Å². The maximum Gasteiger partial charge on any atom is 0.417 e. The van der Waals surface area contributed by atoms with Gasteiger partial charge in [-0.2, -0.15) is 18.3 Å². The fourth-order valence-corrected chi connectivity index (χ4v) is 3.68. The largest absolute Gasteiger partial charge is 0.417 e. The highest BCUT2D eigenvalue weighted by molar-refractivity contribution is 6.42. The molecular formula is C22H16Cl3F3N4O2. The molecule has 0 bridgehead atoms. The third-order valence-electron chi connectivity index (χ3n) is 4.74. The van der Waals surface area contributed by atoms with Gasteiger partial charge in [0, 0.05) is 28.3 Å². The molecule has 12 heteroatoms. The highest BCUT2D eigenvalue weighted by Gasteiger charge is 2.33. The number of benzene rings is 2. The first-order valence-corrected chi connectivity index (χ1v) is 10.7. The number of hydrazone groups is 1. The Morgan fingerprint density at radius 1 is 0.941 bits per heavy atom. The van der Waals surface area contributed by atoms with E-state index in [1.807, 2.05) is 23.8 Å². The molecule has 0 saturated heterocycles. The number of aromatic nitrogens is 1. The van der Waals surface area contributed by atoms with E-state index in [2.05, 4.69) is 10.4 Å². The fourth-order valence-electron chi connectivity index (χ4n) is 3.16. The molecule has 0 aliphatic carbocycles. The van der Waals surface area contributed by atoms with Crippen LogP contribution in [0, 0.1) is 13.8 Å². The smallest absolute Gasteiger partial charge is 0.318 e. The van der Waals surface area contributed by atoms with Crippen LogP contribution in [0.1, 0.15) is 22.5 Å². The summed E-state index contributed by atoms with van der Waals surface area (Å²) in [5, 5.41) is 6.13. The second-order valence-corrected chi connectivity index (χ2v) is 8.33. The summed E-state index contributed by atoms with van der Waals surface area (Å²) in [5.41, 5.74) is 3.71. The van der Waals surface area contributed by atoms with Crippen molar-refractivity contribution >= 4 is 58.5 Å². The Kier molecular flexibility index (Phi) is 7.60. The molecule has 2 aromatic carbocycles. The molecule has 0 unspecified atom stereocenters. The van der Waals surface area contributed by atoms with Gasteiger partial charge in [0.05, 0.1) is 26.8 Å². The summed E-state index contributed by atoms with van der Waals surface area (Å²) in [4.78, 5) is 24.0. The van der Waals surface area contributed by atoms with Crippen molar-refractivity contribution in [2.75, 3.05) is 5.32 Å². The summed E-state index contributed by atoms with van der Waals surface area (Å²) in [6.07, 6.45) is -3.38. The van der Waals surface area contributed by atoms with Crippen LogP contribution in [0.3, 0.4) is 0 Å². The monoisotopic (exact) mass is 530 g/mol. The molecule has 178 valence electrons. The Morgan fingerprint density at radius 3 is 2.26 bits per heavy atom. The van der Waals surface area contributed by atoms with Crippen molar-refractivity contribution in [2.45, 2.75) is 20.0 Å². The Hall–Kier alpha value is -3.01. The minimum absolute atomic E-state index is 0.244. The van der Waals surface area contributed by atoms with E-state index in [-0.39, 0.29) is 5.69 Å². The van der Waals surface area contributed by atoms with Crippen molar-refractivity contribution in [2.24, 2.45) is 5.10 Å². The molecule has 0 spiro atoms. The molecule has 1 heterocycles. The molecule has 0 fully saturated rings. The predicted octanol–water partition coefficient (Wildman–Crippen LogP) is 6.16. The van der Waals surface area contributed by atoms with Crippen LogP contribution in [-0.2, 0) is 15.8 Å². The third-order valence-corrected chi connectivity index (χ3v) is 5.81. The van der Waals surface area contributed by atoms with E-state index < -0.39 is 28.6 Å². The van der Waals surface area contributed by atoms with Crippen molar-refractivity contribution in [1.29, 1.82) is 0 Å². The first kappa shape index (κ1) is 25.6. The number of nitrogens with one attached hydrogen (secondary N) is 2. The number of carbonyl (C=O) groups is 2. The number of hydrogen-bond acceptors (Lipinski definition) is 3.